The Balaban J connectivity index is 5.23. The van der Waals surface area contributed by atoms with Crippen molar-refractivity contribution in [3.63, 3.8) is 0 Å². The van der Waals surface area contributed by atoms with Gasteiger partial charge in [0.05, 0.1) is 26.4 Å². The average molecular weight is 1400 g/mol. The number of hydrogen-bond donors (Lipinski definition) is 3. The van der Waals surface area contributed by atoms with Crippen LogP contribution in [0.15, 0.2) is 0 Å². The lowest BCUT2D eigenvalue weighted by Crippen LogP contribution is -2.30. The van der Waals surface area contributed by atoms with Crippen LogP contribution in [0.2, 0.25) is 0 Å². The SMILES string of the molecule is CCC(C)CCCCCCCCC(=O)OC[C@H](COP(=O)(O)OC[C@H](O)COP(=O)(O)OC[C@@H](COC(=O)CCCCCCCCCCC(C)C)OC(=O)CCCCCCCCCCCCCCCCCC(C)C)OC(=O)CCCCCCCCCCCCCCCC(C)C. The first-order valence-corrected chi connectivity index (χ1v) is 42.2. The second-order valence-corrected chi connectivity index (χ2v) is 32.0. The quantitative estimate of drug-likeness (QED) is 0.0222. The molecule has 0 aromatic rings. The van der Waals surface area contributed by atoms with Gasteiger partial charge in [-0.05, 0) is 49.4 Å². The lowest BCUT2D eigenvalue weighted by molar-refractivity contribution is -0.161. The van der Waals surface area contributed by atoms with Crippen molar-refractivity contribution in [3.8, 4) is 0 Å². The fourth-order valence-electron chi connectivity index (χ4n) is 11.5. The summed E-state index contributed by atoms with van der Waals surface area (Å²) in [6.45, 7) is 14.2. The second-order valence-electron chi connectivity index (χ2n) is 29.1. The van der Waals surface area contributed by atoms with Crippen molar-refractivity contribution < 1.29 is 80.2 Å². The molecule has 19 heteroatoms. The van der Waals surface area contributed by atoms with Gasteiger partial charge in [-0.3, -0.25) is 37.3 Å². The molecule has 0 fully saturated rings. The Morgan fingerprint density at radius 3 is 0.747 bits per heavy atom. The molecule has 0 amide bonds. The Bertz CT molecular complexity index is 1870. The number of aliphatic hydroxyl groups excluding tert-OH is 1. The van der Waals surface area contributed by atoms with Crippen LogP contribution < -0.4 is 0 Å². The molecule has 0 bridgehead atoms. The fraction of sp³-hybridized carbons (Fsp3) is 0.947. The van der Waals surface area contributed by atoms with Crippen molar-refractivity contribution in [3.05, 3.63) is 0 Å². The predicted molar refractivity (Wildman–Crippen MR) is 386 cm³/mol. The molecule has 0 saturated carbocycles. The zero-order valence-electron chi connectivity index (χ0n) is 62.3. The molecule has 6 atom stereocenters. The van der Waals surface area contributed by atoms with Gasteiger partial charge in [0.25, 0.3) is 0 Å². The largest absolute Gasteiger partial charge is 0.472 e. The summed E-state index contributed by atoms with van der Waals surface area (Å²) in [4.78, 5) is 72.8. The van der Waals surface area contributed by atoms with Gasteiger partial charge in [-0.1, -0.05) is 331 Å². The summed E-state index contributed by atoms with van der Waals surface area (Å²) in [7, 11) is -9.91. The van der Waals surface area contributed by atoms with Crippen molar-refractivity contribution in [2.75, 3.05) is 39.6 Å². The van der Waals surface area contributed by atoms with E-state index in [-0.39, 0.29) is 25.7 Å². The maximum atomic E-state index is 13.1. The highest BCUT2D eigenvalue weighted by Gasteiger charge is 2.30. The van der Waals surface area contributed by atoms with E-state index >= 15 is 0 Å². The van der Waals surface area contributed by atoms with Crippen molar-refractivity contribution in [1.82, 2.24) is 0 Å². The van der Waals surface area contributed by atoms with Gasteiger partial charge in [0.1, 0.15) is 19.3 Å². The molecule has 0 aliphatic carbocycles. The zero-order valence-corrected chi connectivity index (χ0v) is 64.1. The minimum atomic E-state index is -4.96. The number of phosphoric acid groups is 2. The lowest BCUT2D eigenvalue weighted by atomic mass is 10.00. The van der Waals surface area contributed by atoms with E-state index in [9.17, 15) is 43.2 Å². The van der Waals surface area contributed by atoms with Crippen molar-refractivity contribution in [2.45, 2.75) is 401 Å². The van der Waals surface area contributed by atoms with Gasteiger partial charge >= 0.3 is 39.5 Å². The predicted octanol–water partition coefficient (Wildman–Crippen LogP) is 22.0. The molecule has 564 valence electrons. The van der Waals surface area contributed by atoms with Crippen LogP contribution in [0.25, 0.3) is 0 Å². The first kappa shape index (κ1) is 93.1. The molecule has 0 aromatic heterocycles. The van der Waals surface area contributed by atoms with E-state index in [1.165, 1.54) is 180 Å². The van der Waals surface area contributed by atoms with E-state index in [0.29, 0.717) is 25.7 Å². The summed E-state index contributed by atoms with van der Waals surface area (Å²) in [5, 5.41) is 10.6. The summed E-state index contributed by atoms with van der Waals surface area (Å²) in [6.07, 6.45) is 50.0. The number of unbranched alkanes of at least 4 members (excludes halogenated alkanes) is 38. The standard InChI is InChI=1S/C76H148O17P2/c1-9-69(8)55-47-39-34-35-41-49-57-74(79)87-63-72(93-76(81)59-51-43-33-25-21-17-13-15-19-23-29-37-45-53-67(4)5)65-91-95(84,85)89-61-70(77)60-88-94(82,83)90-64-71(62-86-73(78)56-48-40-31-27-26-30-38-46-54-68(6)7)92-75(80)58-50-42-32-24-20-16-12-10-11-14-18-22-28-36-44-52-66(2)3/h66-72,77H,9-65H2,1-8H3,(H,82,83)(H,84,85)/t69?,70-,71-,72-/m1/s1. The number of carbonyl (C=O) groups is 4. The Kier molecular flexibility index (Phi) is 64.0. The third-order valence-corrected chi connectivity index (χ3v) is 19.8. The highest BCUT2D eigenvalue weighted by molar-refractivity contribution is 7.47. The van der Waals surface area contributed by atoms with Gasteiger partial charge in [-0.2, -0.15) is 0 Å². The highest BCUT2D eigenvalue weighted by atomic mass is 31.2. The van der Waals surface area contributed by atoms with Gasteiger partial charge in [0.2, 0.25) is 0 Å². The van der Waals surface area contributed by atoms with E-state index in [1.807, 2.05) is 0 Å². The highest BCUT2D eigenvalue weighted by Crippen LogP contribution is 2.45. The normalized spacial score (nSPS) is 14.4. The molecule has 0 aliphatic rings. The third-order valence-electron chi connectivity index (χ3n) is 17.9. The molecule has 0 radical (unpaired) electrons. The maximum absolute atomic E-state index is 13.1. The van der Waals surface area contributed by atoms with Crippen LogP contribution in [0, 0.1) is 23.7 Å². The van der Waals surface area contributed by atoms with Crippen LogP contribution in [-0.2, 0) is 65.4 Å². The summed E-state index contributed by atoms with van der Waals surface area (Å²) in [5.41, 5.74) is 0. The zero-order chi connectivity index (χ0) is 70.3. The first-order valence-electron chi connectivity index (χ1n) is 39.2. The lowest BCUT2D eigenvalue weighted by Gasteiger charge is -2.21. The van der Waals surface area contributed by atoms with Gasteiger partial charge in [0.15, 0.2) is 12.2 Å². The Morgan fingerprint density at radius 1 is 0.295 bits per heavy atom. The number of rotatable bonds is 73. The molecule has 0 aromatic carbocycles. The van der Waals surface area contributed by atoms with Crippen LogP contribution in [0.5, 0.6) is 0 Å². The fourth-order valence-corrected chi connectivity index (χ4v) is 13.1. The number of aliphatic hydroxyl groups is 1. The maximum Gasteiger partial charge on any atom is 0.472 e. The van der Waals surface area contributed by atoms with Gasteiger partial charge in [0, 0.05) is 25.7 Å². The van der Waals surface area contributed by atoms with Gasteiger partial charge in [-0.15, -0.1) is 0 Å². The molecule has 0 heterocycles. The molecule has 0 rings (SSSR count). The molecular formula is C76H148O17P2. The Labute approximate surface area is 581 Å². The van der Waals surface area contributed by atoms with Crippen molar-refractivity contribution >= 4 is 39.5 Å². The summed E-state index contributed by atoms with van der Waals surface area (Å²) >= 11 is 0. The van der Waals surface area contributed by atoms with Gasteiger partial charge in [-0.25, -0.2) is 9.13 Å². The Hall–Kier alpha value is -1.94. The van der Waals surface area contributed by atoms with Crippen molar-refractivity contribution in [1.29, 1.82) is 0 Å². The third kappa shape index (κ3) is 69.0. The summed E-state index contributed by atoms with van der Waals surface area (Å²) < 4.78 is 68.5. The number of ether oxygens (including phenoxy) is 4. The van der Waals surface area contributed by atoms with Crippen LogP contribution in [0.1, 0.15) is 383 Å². The monoisotopic (exact) mass is 1400 g/mol. The average Bonchev–Trinajstić information content (AvgIpc) is 1.45. The van der Waals surface area contributed by atoms with E-state index in [1.54, 1.807) is 0 Å². The Morgan fingerprint density at radius 2 is 0.505 bits per heavy atom. The number of esters is 4. The number of carbonyl (C=O) groups excluding carboxylic acids is 4. The van der Waals surface area contributed by atoms with Gasteiger partial charge < -0.3 is 33.8 Å². The summed E-state index contributed by atoms with van der Waals surface area (Å²) in [5.74, 6) is 0.924. The smallest absolute Gasteiger partial charge is 0.462 e. The molecule has 0 spiro atoms. The number of hydrogen-bond acceptors (Lipinski definition) is 15. The van der Waals surface area contributed by atoms with Crippen LogP contribution in [-0.4, -0.2) is 96.7 Å². The van der Waals surface area contributed by atoms with Crippen LogP contribution in [0.3, 0.4) is 0 Å². The van der Waals surface area contributed by atoms with Crippen LogP contribution >= 0.6 is 15.6 Å². The minimum Gasteiger partial charge on any atom is -0.462 e. The topological polar surface area (TPSA) is 237 Å². The van der Waals surface area contributed by atoms with E-state index < -0.39 is 97.5 Å². The molecular weight excluding hydrogens is 1250 g/mol. The van der Waals surface area contributed by atoms with Crippen molar-refractivity contribution in [2.24, 2.45) is 23.7 Å². The number of phosphoric ester groups is 2. The van der Waals surface area contributed by atoms with E-state index in [4.69, 9.17) is 37.0 Å². The molecule has 95 heavy (non-hydrogen) atoms. The first-order chi connectivity index (χ1) is 45.6. The molecule has 0 saturated heterocycles. The molecule has 3 N–H and O–H groups in total. The molecule has 17 nitrogen and oxygen atoms in total. The molecule has 3 unspecified atom stereocenters. The van der Waals surface area contributed by atoms with E-state index in [0.717, 1.165) is 120 Å². The van der Waals surface area contributed by atoms with Crippen LogP contribution in [0.4, 0.5) is 0 Å². The minimum absolute atomic E-state index is 0.106. The van der Waals surface area contributed by atoms with E-state index in [2.05, 4.69) is 55.4 Å². The summed E-state index contributed by atoms with van der Waals surface area (Å²) in [6, 6.07) is 0. The molecule has 0 aliphatic heterocycles. The second kappa shape index (κ2) is 65.4.